The summed E-state index contributed by atoms with van der Waals surface area (Å²) in [6.45, 7) is 5.83. The molecule has 178 valence electrons. The van der Waals surface area contributed by atoms with Crippen LogP contribution in [0.25, 0.3) is 17.1 Å². The summed E-state index contributed by atoms with van der Waals surface area (Å²) < 4.78 is 9.02. The molecule has 0 aliphatic heterocycles. The molecule has 35 heavy (non-hydrogen) atoms. The lowest BCUT2D eigenvalue weighted by molar-refractivity contribution is -0.113. The van der Waals surface area contributed by atoms with E-state index in [1.54, 1.807) is 7.11 Å². The summed E-state index contributed by atoms with van der Waals surface area (Å²) in [7, 11) is 3.50. The maximum atomic E-state index is 13.0. The van der Waals surface area contributed by atoms with E-state index >= 15 is 0 Å². The Labute approximate surface area is 208 Å². The summed E-state index contributed by atoms with van der Waals surface area (Å²) in [6, 6.07) is 17.7. The predicted octanol–water partition coefficient (Wildman–Crippen LogP) is 4.81. The predicted molar refractivity (Wildman–Crippen MR) is 137 cm³/mol. The summed E-state index contributed by atoms with van der Waals surface area (Å²) in [4.78, 5) is 13.0. The van der Waals surface area contributed by atoms with Crippen LogP contribution in [0, 0.1) is 32.1 Å². The van der Waals surface area contributed by atoms with Crippen LogP contribution in [0.5, 0.6) is 5.75 Å². The van der Waals surface area contributed by atoms with Gasteiger partial charge >= 0.3 is 0 Å². The number of carbonyl (C=O) groups excluding carboxylic acids is 1. The number of nitrogens with one attached hydrogen (secondary N) is 1. The number of nitriles is 1. The van der Waals surface area contributed by atoms with Crippen molar-refractivity contribution in [3.8, 4) is 28.9 Å². The summed E-state index contributed by atoms with van der Waals surface area (Å²) in [5.74, 6) is 1.82. The van der Waals surface area contributed by atoms with Gasteiger partial charge in [-0.2, -0.15) is 5.26 Å². The lowest BCUT2D eigenvalue weighted by Gasteiger charge is -2.13. The smallest absolute Gasteiger partial charge is 0.236 e. The van der Waals surface area contributed by atoms with Crippen molar-refractivity contribution in [2.75, 3.05) is 18.2 Å². The number of anilines is 1. The quantitative estimate of drug-likeness (QED) is 0.377. The number of benzene rings is 2. The van der Waals surface area contributed by atoms with Gasteiger partial charge in [0.1, 0.15) is 17.6 Å². The molecule has 2 aromatic heterocycles. The molecule has 0 fully saturated rings. The van der Waals surface area contributed by atoms with Crippen LogP contribution in [-0.4, -0.2) is 38.1 Å². The molecule has 4 aromatic rings. The van der Waals surface area contributed by atoms with Crippen LogP contribution in [0.2, 0.25) is 0 Å². The third-order valence-corrected chi connectivity index (χ3v) is 6.99. The zero-order valence-electron chi connectivity index (χ0n) is 20.3. The van der Waals surface area contributed by atoms with E-state index in [4.69, 9.17) is 4.74 Å². The molecular formula is C26H26N6O2S. The van der Waals surface area contributed by atoms with Gasteiger partial charge < -0.3 is 14.6 Å². The van der Waals surface area contributed by atoms with Gasteiger partial charge in [0, 0.05) is 24.0 Å². The van der Waals surface area contributed by atoms with E-state index in [0.717, 1.165) is 39.6 Å². The van der Waals surface area contributed by atoms with Gasteiger partial charge in [-0.3, -0.25) is 9.36 Å². The third kappa shape index (κ3) is 4.66. The molecule has 0 aliphatic rings. The molecule has 0 radical (unpaired) electrons. The molecule has 0 saturated heterocycles. The SMILES string of the molecule is COc1ccc(-n2c(C)c(C)c(C#N)c2NC(=O)CSc2nnc(-c3ccccc3C)n2C)cc1. The Kier molecular flexibility index (Phi) is 6.94. The van der Waals surface area contributed by atoms with Crippen molar-refractivity contribution in [2.24, 2.45) is 7.05 Å². The molecule has 2 heterocycles. The van der Waals surface area contributed by atoms with E-state index in [-0.39, 0.29) is 11.7 Å². The van der Waals surface area contributed by atoms with E-state index in [9.17, 15) is 10.1 Å². The summed E-state index contributed by atoms with van der Waals surface area (Å²) in [5.41, 5.74) is 5.07. The van der Waals surface area contributed by atoms with Gasteiger partial charge in [-0.15, -0.1) is 10.2 Å². The first-order valence-electron chi connectivity index (χ1n) is 11.0. The molecular weight excluding hydrogens is 460 g/mol. The number of carbonyl (C=O) groups is 1. The van der Waals surface area contributed by atoms with Crippen molar-refractivity contribution in [2.45, 2.75) is 25.9 Å². The lowest BCUT2D eigenvalue weighted by Crippen LogP contribution is -2.18. The Hall–Kier alpha value is -4.03. The molecule has 8 nitrogen and oxygen atoms in total. The number of rotatable bonds is 7. The number of aryl methyl sites for hydroxylation is 1. The topological polar surface area (TPSA) is 97.8 Å². The minimum atomic E-state index is -0.237. The summed E-state index contributed by atoms with van der Waals surface area (Å²) in [5, 5.41) is 22.0. The van der Waals surface area contributed by atoms with Crippen LogP contribution in [0.15, 0.2) is 53.7 Å². The molecule has 0 aliphatic carbocycles. The first-order chi connectivity index (χ1) is 16.8. The van der Waals surface area contributed by atoms with E-state index < -0.39 is 0 Å². The van der Waals surface area contributed by atoms with Gasteiger partial charge in [-0.05, 0) is 56.2 Å². The second-order valence-corrected chi connectivity index (χ2v) is 9.04. The van der Waals surface area contributed by atoms with Gasteiger partial charge in [0.15, 0.2) is 11.0 Å². The molecule has 9 heteroatoms. The van der Waals surface area contributed by atoms with Crippen molar-refractivity contribution in [3.05, 3.63) is 70.9 Å². The standard InChI is InChI=1S/C26H26N6O2S/c1-16-8-6-7-9-21(16)25-29-30-26(31(25)4)35-15-23(33)28-24-22(14-27)17(2)18(3)32(24)19-10-12-20(34-5)13-11-19/h6-13H,15H2,1-5H3,(H,28,33). The number of methoxy groups -OCH3 is 1. The second kappa shape index (κ2) is 10.1. The number of ether oxygens (including phenoxy) is 1. The molecule has 0 unspecified atom stereocenters. The maximum absolute atomic E-state index is 13.0. The van der Waals surface area contributed by atoms with Crippen LogP contribution in [-0.2, 0) is 11.8 Å². The van der Waals surface area contributed by atoms with Crippen molar-refractivity contribution < 1.29 is 9.53 Å². The monoisotopic (exact) mass is 486 g/mol. The number of amides is 1. The van der Waals surface area contributed by atoms with Crippen LogP contribution in [0.3, 0.4) is 0 Å². The van der Waals surface area contributed by atoms with Crippen molar-refractivity contribution in [3.63, 3.8) is 0 Å². The summed E-state index contributed by atoms with van der Waals surface area (Å²) >= 11 is 1.30. The number of hydrogen-bond donors (Lipinski definition) is 1. The number of aromatic nitrogens is 4. The zero-order valence-corrected chi connectivity index (χ0v) is 21.1. The molecule has 2 aromatic carbocycles. The Bertz CT molecular complexity index is 1430. The highest BCUT2D eigenvalue weighted by molar-refractivity contribution is 7.99. The van der Waals surface area contributed by atoms with Crippen LogP contribution < -0.4 is 10.1 Å². The number of nitrogens with zero attached hydrogens (tertiary/aromatic N) is 5. The fraction of sp³-hybridized carbons (Fsp3) is 0.231. The molecule has 0 spiro atoms. The average Bonchev–Trinajstić information content (AvgIpc) is 3.34. The lowest BCUT2D eigenvalue weighted by atomic mass is 10.1. The molecule has 4 rings (SSSR count). The van der Waals surface area contributed by atoms with Crippen molar-refractivity contribution in [1.82, 2.24) is 19.3 Å². The van der Waals surface area contributed by atoms with Gasteiger partial charge in [0.05, 0.1) is 18.4 Å². The Morgan fingerprint density at radius 2 is 1.83 bits per heavy atom. The molecule has 1 N–H and O–H groups in total. The number of thioether (sulfide) groups is 1. The van der Waals surface area contributed by atoms with Crippen molar-refractivity contribution in [1.29, 1.82) is 5.26 Å². The minimum absolute atomic E-state index is 0.122. The third-order valence-electron chi connectivity index (χ3n) is 5.97. The first-order valence-corrected chi connectivity index (χ1v) is 12.0. The van der Waals surface area contributed by atoms with Gasteiger partial charge in [-0.1, -0.05) is 36.0 Å². The highest BCUT2D eigenvalue weighted by atomic mass is 32.2. The van der Waals surface area contributed by atoms with Crippen LogP contribution in [0.4, 0.5) is 5.82 Å². The molecule has 1 amide bonds. The maximum Gasteiger partial charge on any atom is 0.236 e. The van der Waals surface area contributed by atoms with Gasteiger partial charge in [0.2, 0.25) is 5.91 Å². The van der Waals surface area contributed by atoms with Crippen molar-refractivity contribution >= 4 is 23.5 Å². The Balaban J connectivity index is 1.56. The average molecular weight is 487 g/mol. The van der Waals surface area contributed by atoms with E-state index in [2.05, 4.69) is 21.6 Å². The van der Waals surface area contributed by atoms with E-state index in [1.165, 1.54) is 11.8 Å². The van der Waals surface area contributed by atoms with E-state index in [0.29, 0.717) is 16.5 Å². The fourth-order valence-corrected chi connectivity index (χ4v) is 4.62. The molecule has 0 bridgehead atoms. The van der Waals surface area contributed by atoms with Gasteiger partial charge in [-0.25, -0.2) is 0 Å². The second-order valence-electron chi connectivity index (χ2n) is 8.10. The fourth-order valence-electron chi connectivity index (χ4n) is 3.91. The summed E-state index contributed by atoms with van der Waals surface area (Å²) in [6.07, 6.45) is 0. The largest absolute Gasteiger partial charge is 0.497 e. The molecule has 0 atom stereocenters. The zero-order chi connectivity index (χ0) is 25.1. The van der Waals surface area contributed by atoms with Crippen LogP contribution in [0.1, 0.15) is 22.4 Å². The van der Waals surface area contributed by atoms with E-state index in [1.807, 2.05) is 85.5 Å². The highest BCUT2D eigenvalue weighted by Crippen LogP contribution is 2.31. The number of hydrogen-bond acceptors (Lipinski definition) is 6. The highest BCUT2D eigenvalue weighted by Gasteiger charge is 2.21. The minimum Gasteiger partial charge on any atom is -0.497 e. The molecule has 0 saturated carbocycles. The first kappa shape index (κ1) is 24.1. The Morgan fingerprint density at radius 3 is 2.49 bits per heavy atom. The van der Waals surface area contributed by atoms with Crippen LogP contribution >= 0.6 is 11.8 Å². The normalized spacial score (nSPS) is 10.7. The van der Waals surface area contributed by atoms with Gasteiger partial charge in [0.25, 0.3) is 0 Å². The Morgan fingerprint density at radius 1 is 1.11 bits per heavy atom.